The summed E-state index contributed by atoms with van der Waals surface area (Å²) in [6, 6.07) is 7.16. The van der Waals surface area contributed by atoms with Gasteiger partial charge >= 0.3 is 0 Å². The topological polar surface area (TPSA) is 65.7 Å². The molecule has 2 fully saturated rings. The maximum Gasteiger partial charge on any atom is 0.163 e. The van der Waals surface area contributed by atoms with Crippen LogP contribution in [0.2, 0.25) is 5.02 Å². The van der Waals surface area contributed by atoms with Crippen LogP contribution in [0, 0.1) is 19.7 Å². The third-order valence-electron chi connectivity index (χ3n) is 6.61. The Hall–Kier alpha value is -2.90. The third kappa shape index (κ3) is 3.79. The number of fused-ring (bicyclic) bond motifs is 1. The number of aryl methyl sites for hydroxylation is 2. The summed E-state index contributed by atoms with van der Waals surface area (Å²) in [5, 5.41) is 5.57. The predicted molar refractivity (Wildman–Crippen MR) is 124 cm³/mol. The van der Waals surface area contributed by atoms with E-state index in [1.807, 2.05) is 30.8 Å². The second-order valence-electron chi connectivity index (χ2n) is 9.06. The predicted octanol–water partition coefficient (Wildman–Crippen LogP) is 5.88. The SMILES string of the molecule is Cc1cc2c(-c3ccc(Cl)cc3F)nc([C@H]3CO[C@@H](c4cnn(C5CC5)c4)C3)nc2nc1C. The smallest absolute Gasteiger partial charge is 0.163 e. The van der Waals surface area contributed by atoms with Gasteiger partial charge in [-0.3, -0.25) is 4.68 Å². The van der Waals surface area contributed by atoms with E-state index in [-0.39, 0.29) is 12.0 Å². The van der Waals surface area contributed by atoms with Gasteiger partial charge in [-0.05, 0) is 62.9 Å². The molecule has 3 aromatic heterocycles. The van der Waals surface area contributed by atoms with Gasteiger partial charge in [0.05, 0.1) is 30.6 Å². The highest BCUT2D eigenvalue weighted by Crippen LogP contribution is 2.40. The Labute approximate surface area is 195 Å². The first kappa shape index (κ1) is 20.7. The van der Waals surface area contributed by atoms with Gasteiger partial charge in [0.25, 0.3) is 0 Å². The number of halogens is 2. The zero-order valence-electron chi connectivity index (χ0n) is 18.4. The lowest BCUT2D eigenvalue weighted by Crippen LogP contribution is -2.08. The fourth-order valence-corrected chi connectivity index (χ4v) is 4.59. The molecule has 2 aliphatic rings. The summed E-state index contributed by atoms with van der Waals surface area (Å²) in [6.45, 7) is 4.43. The summed E-state index contributed by atoms with van der Waals surface area (Å²) in [7, 11) is 0. The summed E-state index contributed by atoms with van der Waals surface area (Å²) in [5.74, 6) is 0.195. The lowest BCUT2D eigenvalue weighted by Gasteiger charge is -2.14. The van der Waals surface area contributed by atoms with Crippen LogP contribution < -0.4 is 0 Å². The van der Waals surface area contributed by atoms with Crippen LogP contribution in [0.15, 0.2) is 36.7 Å². The Morgan fingerprint density at radius 3 is 2.76 bits per heavy atom. The molecule has 1 aliphatic carbocycles. The number of aromatic nitrogens is 5. The average molecular weight is 464 g/mol. The van der Waals surface area contributed by atoms with Crippen molar-refractivity contribution in [1.29, 1.82) is 0 Å². The van der Waals surface area contributed by atoms with Crippen molar-refractivity contribution in [1.82, 2.24) is 24.7 Å². The molecule has 1 aromatic carbocycles. The molecule has 0 bridgehead atoms. The van der Waals surface area contributed by atoms with E-state index < -0.39 is 5.82 Å². The molecule has 168 valence electrons. The van der Waals surface area contributed by atoms with E-state index >= 15 is 0 Å². The number of hydrogen-bond donors (Lipinski definition) is 0. The third-order valence-corrected chi connectivity index (χ3v) is 6.85. The highest BCUT2D eigenvalue weighted by atomic mass is 35.5. The van der Waals surface area contributed by atoms with Crippen LogP contribution >= 0.6 is 11.6 Å². The highest BCUT2D eigenvalue weighted by Gasteiger charge is 2.33. The Morgan fingerprint density at radius 1 is 1.12 bits per heavy atom. The highest BCUT2D eigenvalue weighted by molar-refractivity contribution is 6.30. The molecular formula is C25H23ClFN5O. The van der Waals surface area contributed by atoms with E-state index in [0.29, 0.717) is 40.4 Å². The molecule has 6 nitrogen and oxygen atoms in total. The number of ether oxygens (including phenoxy) is 1. The van der Waals surface area contributed by atoms with Gasteiger partial charge < -0.3 is 4.74 Å². The van der Waals surface area contributed by atoms with Crippen molar-refractivity contribution in [3.05, 3.63) is 70.1 Å². The monoisotopic (exact) mass is 463 g/mol. The van der Waals surface area contributed by atoms with E-state index in [4.69, 9.17) is 31.3 Å². The summed E-state index contributed by atoms with van der Waals surface area (Å²) in [4.78, 5) is 14.3. The van der Waals surface area contributed by atoms with Crippen molar-refractivity contribution in [3.8, 4) is 11.3 Å². The molecule has 1 aliphatic heterocycles. The number of rotatable bonds is 4. The van der Waals surface area contributed by atoms with E-state index in [0.717, 1.165) is 28.6 Å². The summed E-state index contributed by atoms with van der Waals surface area (Å²) in [6.07, 6.45) is 7.06. The normalized spacial score (nSPS) is 20.6. The maximum atomic E-state index is 14.9. The molecule has 0 unspecified atom stereocenters. The number of pyridine rings is 1. The largest absolute Gasteiger partial charge is 0.373 e. The van der Waals surface area contributed by atoms with Crippen LogP contribution in [0.5, 0.6) is 0 Å². The van der Waals surface area contributed by atoms with Crippen molar-refractivity contribution in [2.45, 2.75) is 51.2 Å². The average Bonchev–Trinajstić information content (AvgIpc) is 3.31. The molecule has 33 heavy (non-hydrogen) atoms. The Kier molecular flexibility index (Phi) is 4.92. The van der Waals surface area contributed by atoms with Crippen LogP contribution in [0.4, 0.5) is 4.39 Å². The van der Waals surface area contributed by atoms with Gasteiger partial charge in [-0.25, -0.2) is 19.3 Å². The molecule has 2 atom stereocenters. The molecule has 6 rings (SSSR count). The standard InChI is InChI=1S/C25H23ClFN5O/c1-13-7-20-23(19-6-3-17(26)9-21(19)27)30-24(31-25(20)29-14(13)2)15-8-22(33-12-15)16-10-28-32(11-16)18-4-5-18/h3,6-7,9-11,15,18,22H,4-5,8,12H2,1-2H3/t15-,22-/m1/s1. The van der Waals surface area contributed by atoms with Gasteiger partial charge in [-0.1, -0.05) is 11.6 Å². The van der Waals surface area contributed by atoms with Crippen molar-refractivity contribution in [3.63, 3.8) is 0 Å². The van der Waals surface area contributed by atoms with Gasteiger partial charge in [0.2, 0.25) is 0 Å². The number of hydrogen-bond acceptors (Lipinski definition) is 5. The lowest BCUT2D eigenvalue weighted by molar-refractivity contribution is 0.110. The van der Waals surface area contributed by atoms with E-state index in [9.17, 15) is 4.39 Å². The minimum absolute atomic E-state index is 0.0128. The minimum atomic E-state index is -0.417. The van der Waals surface area contributed by atoms with Crippen molar-refractivity contribution in [2.24, 2.45) is 0 Å². The summed E-state index contributed by atoms with van der Waals surface area (Å²) in [5.41, 5.74) is 4.47. The molecule has 1 saturated heterocycles. The first-order valence-corrected chi connectivity index (χ1v) is 11.6. The second-order valence-corrected chi connectivity index (χ2v) is 9.49. The van der Waals surface area contributed by atoms with Crippen LogP contribution in [-0.2, 0) is 4.74 Å². The van der Waals surface area contributed by atoms with E-state index in [2.05, 4.69) is 11.3 Å². The molecule has 0 spiro atoms. The molecule has 1 saturated carbocycles. The molecule has 0 N–H and O–H groups in total. The molecule has 0 radical (unpaired) electrons. The fraction of sp³-hybridized carbons (Fsp3) is 0.360. The Bertz CT molecular complexity index is 1380. The van der Waals surface area contributed by atoms with Crippen molar-refractivity contribution in [2.75, 3.05) is 6.61 Å². The number of benzene rings is 1. The van der Waals surface area contributed by atoms with Crippen LogP contribution in [0.3, 0.4) is 0 Å². The van der Waals surface area contributed by atoms with E-state index in [1.54, 1.807) is 12.1 Å². The Balaban J connectivity index is 1.40. The van der Waals surface area contributed by atoms with Gasteiger partial charge in [-0.2, -0.15) is 5.10 Å². The van der Waals surface area contributed by atoms with Gasteiger partial charge in [0.1, 0.15) is 11.6 Å². The zero-order valence-corrected chi connectivity index (χ0v) is 19.2. The molecule has 8 heteroatoms. The van der Waals surface area contributed by atoms with Crippen molar-refractivity contribution < 1.29 is 9.13 Å². The Morgan fingerprint density at radius 2 is 1.97 bits per heavy atom. The van der Waals surface area contributed by atoms with Crippen LogP contribution in [0.1, 0.15) is 60.0 Å². The first-order valence-electron chi connectivity index (χ1n) is 11.2. The van der Waals surface area contributed by atoms with Crippen molar-refractivity contribution >= 4 is 22.6 Å². The van der Waals surface area contributed by atoms with Crippen LogP contribution in [-0.4, -0.2) is 31.3 Å². The lowest BCUT2D eigenvalue weighted by atomic mass is 10.0. The quantitative estimate of drug-likeness (QED) is 0.378. The van der Waals surface area contributed by atoms with Gasteiger partial charge in [-0.15, -0.1) is 0 Å². The van der Waals surface area contributed by atoms with Crippen LogP contribution in [0.25, 0.3) is 22.3 Å². The maximum absolute atomic E-state index is 14.9. The summed E-state index contributed by atoms with van der Waals surface area (Å²) < 4.78 is 23.1. The minimum Gasteiger partial charge on any atom is -0.373 e. The fourth-order valence-electron chi connectivity index (χ4n) is 4.43. The second kappa shape index (κ2) is 7.85. The van der Waals surface area contributed by atoms with E-state index in [1.165, 1.54) is 18.9 Å². The molecule has 4 heterocycles. The van der Waals surface area contributed by atoms with Gasteiger partial charge in [0, 0.05) is 39.3 Å². The number of nitrogens with zero attached hydrogens (tertiary/aromatic N) is 5. The summed E-state index contributed by atoms with van der Waals surface area (Å²) >= 11 is 5.99. The molecular weight excluding hydrogens is 441 g/mol. The molecule has 4 aromatic rings. The molecule has 0 amide bonds. The zero-order chi connectivity index (χ0) is 22.7. The van der Waals surface area contributed by atoms with Gasteiger partial charge in [0.15, 0.2) is 5.65 Å². The first-order chi connectivity index (χ1) is 16.0.